The number of methoxy groups -OCH3 is 1. The molecule has 0 spiro atoms. The number of hydrogen-bond donors (Lipinski definition) is 2. The van der Waals surface area contributed by atoms with Gasteiger partial charge in [0, 0.05) is 6.04 Å². The standard InChI is InChI=1S/C13H19BrN2O/c1-17-13-5-4-10(8-12(13)14)7-11(16-15)6-9-2-3-9/h4-5,8-9,11,16H,2-3,6-7,15H2,1H3. The average Bonchev–Trinajstić information content (AvgIpc) is 3.12. The van der Waals surface area contributed by atoms with E-state index in [1.165, 1.54) is 24.8 Å². The molecule has 1 aliphatic carbocycles. The van der Waals surface area contributed by atoms with Crippen molar-refractivity contribution in [3.63, 3.8) is 0 Å². The van der Waals surface area contributed by atoms with E-state index in [-0.39, 0.29) is 0 Å². The molecule has 0 aliphatic heterocycles. The van der Waals surface area contributed by atoms with Crippen molar-refractivity contribution in [2.45, 2.75) is 31.7 Å². The molecule has 94 valence electrons. The second kappa shape index (κ2) is 5.85. The third kappa shape index (κ3) is 3.69. The van der Waals surface area contributed by atoms with E-state index in [0.29, 0.717) is 6.04 Å². The zero-order chi connectivity index (χ0) is 12.3. The van der Waals surface area contributed by atoms with Gasteiger partial charge in [-0.1, -0.05) is 18.9 Å². The summed E-state index contributed by atoms with van der Waals surface area (Å²) in [5, 5.41) is 0. The maximum Gasteiger partial charge on any atom is 0.133 e. The Hall–Kier alpha value is -0.580. The summed E-state index contributed by atoms with van der Waals surface area (Å²) in [5.74, 6) is 7.36. The van der Waals surface area contributed by atoms with Gasteiger partial charge in [-0.15, -0.1) is 0 Å². The molecule has 3 N–H and O–H groups in total. The quantitative estimate of drug-likeness (QED) is 0.627. The van der Waals surface area contributed by atoms with E-state index in [2.05, 4.69) is 33.5 Å². The van der Waals surface area contributed by atoms with Crippen molar-refractivity contribution in [3.05, 3.63) is 28.2 Å². The van der Waals surface area contributed by atoms with Gasteiger partial charge in [0.1, 0.15) is 5.75 Å². The van der Waals surface area contributed by atoms with Gasteiger partial charge >= 0.3 is 0 Å². The third-order valence-electron chi connectivity index (χ3n) is 3.25. The molecule has 1 saturated carbocycles. The van der Waals surface area contributed by atoms with Crippen molar-refractivity contribution in [2.75, 3.05) is 7.11 Å². The van der Waals surface area contributed by atoms with Crippen LogP contribution in [0.25, 0.3) is 0 Å². The van der Waals surface area contributed by atoms with E-state index in [1.807, 2.05) is 6.07 Å². The number of rotatable bonds is 6. The van der Waals surface area contributed by atoms with E-state index >= 15 is 0 Å². The number of nitrogens with two attached hydrogens (primary N) is 1. The van der Waals surface area contributed by atoms with Gasteiger partial charge in [0.2, 0.25) is 0 Å². The van der Waals surface area contributed by atoms with Crippen molar-refractivity contribution >= 4 is 15.9 Å². The van der Waals surface area contributed by atoms with Crippen LogP contribution in [0.4, 0.5) is 0 Å². The number of halogens is 1. The summed E-state index contributed by atoms with van der Waals surface area (Å²) in [6.07, 6.45) is 4.88. The van der Waals surface area contributed by atoms with Gasteiger partial charge in [-0.05, 0) is 52.4 Å². The molecule has 4 heteroatoms. The van der Waals surface area contributed by atoms with Crippen molar-refractivity contribution in [2.24, 2.45) is 11.8 Å². The molecule has 1 unspecified atom stereocenters. The highest BCUT2D eigenvalue weighted by molar-refractivity contribution is 9.10. The van der Waals surface area contributed by atoms with E-state index in [9.17, 15) is 0 Å². The Kier molecular flexibility index (Phi) is 4.42. The summed E-state index contributed by atoms with van der Waals surface area (Å²) in [6.45, 7) is 0. The van der Waals surface area contributed by atoms with Crippen LogP contribution in [0.1, 0.15) is 24.8 Å². The molecular formula is C13H19BrN2O. The molecule has 17 heavy (non-hydrogen) atoms. The predicted molar refractivity (Wildman–Crippen MR) is 72.9 cm³/mol. The Balaban J connectivity index is 1.98. The van der Waals surface area contributed by atoms with Crippen LogP contribution in [0.3, 0.4) is 0 Å². The lowest BCUT2D eigenvalue weighted by molar-refractivity contribution is 0.411. The van der Waals surface area contributed by atoms with Crippen molar-refractivity contribution in [3.8, 4) is 5.75 Å². The fourth-order valence-corrected chi connectivity index (χ4v) is 2.68. The summed E-state index contributed by atoms with van der Waals surface area (Å²) >= 11 is 3.51. The van der Waals surface area contributed by atoms with Crippen molar-refractivity contribution in [1.82, 2.24) is 5.43 Å². The van der Waals surface area contributed by atoms with Crippen LogP contribution in [0, 0.1) is 5.92 Å². The monoisotopic (exact) mass is 298 g/mol. The summed E-state index contributed by atoms with van der Waals surface area (Å²) < 4.78 is 6.22. The number of hydrazine groups is 1. The first-order chi connectivity index (χ1) is 8.22. The zero-order valence-electron chi connectivity index (χ0n) is 10.1. The van der Waals surface area contributed by atoms with Gasteiger partial charge in [-0.25, -0.2) is 0 Å². The molecule has 3 nitrogen and oxygen atoms in total. The normalized spacial score (nSPS) is 16.9. The number of nitrogens with one attached hydrogen (secondary N) is 1. The van der Waals surface area contributed by atoms with Crippen molar-refractivity contribution < 1.29 is 4.74 Å². The molecule has 1 aliphatic rings. The number of hydrogen-bond acceptors (Lipinski definition) is 3. The van der Waals surface area contributed by atoms with Crippen LogP contribution in [-0.2, 0) is 6.42 Å². The molecule has 2 rings (SSSR count). The minimum atomic E-state index is 0.378. The van der Waals surface area contributed by atoms with Crippen LogP contribution in [0.15, 0.2) is 22.7 Å². The van der Waals surface area contributed by atoms with E-state index in [1.54, 1.807) is 7.11 Å². The second-order valence-electron chi connectivity index (χ2n) is 4.72. The lowest BCUT2D eigenvalue weighted by Crippen LogP contribution is -2.37. The summed E-state index contributed by atoms with van der Waals surface area (Å²) in [4.78, 5) is 0. The lowest BCUT2D eigenvalue weighted by Gasteiger charge is -2.16. The molecule has 1 atom stereocenters. The smallest absolute Gasteiger partial charge is 0.133 e. The highest BCUT2D eigenvalue weighted by Gasteiger charge is 2.25. The largest absolute Gasteiger partial charge is 0.496 e. The zero-order valence-corrected chi connectivity index (χ0v) is 11.7. The molecule has 0 bridgehead atoms. The first kappa shape index (κ1) is 12.9. The van der Waals surface area contributed by atoms with Crippen LogP contribution in [0.5, 0.6) is 5.75 Å². The molecule has 0 saturated heterocycles. The van der Waals surface area contributed by atoms with Crippen LogP contribution in [-0.4, -0.2) is 13.2 Å². The highest BCUT2D eigenvalue weighted by atomic mass is 79.9. The Labute approximate surface area is 111 Å². The maximum atomic E-state index is 5.60. The van der Waals surface area contributed by atoms with E-state index < -0.39 is 0 Å². The Bertz CT molecular complexity index is 380. The molecule has 1 aromatic rings. The fourth-order valence-electron chi connectivity index (χ4n) is 2.09. The molecule has 0 heterocycles. The Morgan fingerprint density at radius 3 is 2.82 bits per heavy atom. The van der Waals surface area contributed by atoms with Crippen LogP contribution >= 0.6 is 15.9 Å². The van der Waals surface area contributed by atoms with Gasteiger partial charge in [0.15, 0.2) is 0 Å². The van der Waals surface area contributed by atoms with Gasteiger partial charge in [-0.3, -0.25) is 11.3 Å². The maximum absolute atomic E-state index is 5.60. The third-order valence-corrected chi connectivity index (χ3v) is 3.87. The predicted octanol–water partition coefficient (Wildman–Crippen LogP) is 2.63. The molecule has 0 radical (unpaired) electrons. The first-order valence-corrected chi connectivity index (χ1v) is 6.80. The van der Waals surface area contributed by atoms with E-state index in [4.69, 9.17) is 10.6 Å². The molecular weight excluding hydrogens is 280 g/mol. The van der Waals surface area contributed by atoms with Gasteiger partial charge < -0.3 is 4.74 Å². The van der Waals surface area contributed by atoms with E-state index in [0.717, 1.165) is 22.6 Å². The molecule has 0 aromatic heterocycles. The average molecular weight is 299 g/mol. The Morgan fingerprint density at radius 1 is 1.53 bits per heavy atom. The minimum absolute atomic E-state index is 0.378. The van der Waals surface area contributed by atoms with Gasteiger partial charge in [0.05, 0.1) is 11.6 Å². The summed E-state index contributed by atoms with van der Waals surface area (Å²) in [7, 11) is 1.68. The van der Waals surface area contributed by atoms with Gasteiger partial charge in [-0.2, -0.15) is 0 Å². The SMILES string of the molecule is COc1ccc(CC(CC2CC2)NN)cc1Br. The first-order valence-electron chi connectivity index (χ1n) is 6.01. The molecule has 0 amide bonds. The summed E-state index contributed by atoms with van der Waals surface area (Å²) in [6, 6.07) is 6.57. The number of benzene rings is 1. The van der Waals surface area contributed by atoms with Crippen LogP contribution < -0.4 is 16.0 Å². The highest BCUT2D eigenvalue weighted by Crippen LogP contribution is 2.34. The second-order valence-corrected chi connectivity index (χ2v) is 5.57. The topological polar surface area (TPSA) is 47.3 Å². The summed E-state index contributed by atoms with van der Waals surface area (Å²) in [5.41, 5.74) is 4.20. The lowest BCUT2D eigenvalue weighted by atomic mass is 10.0. The van der Waals surface area contributed by atoms with Crippen LogP contribution in [0.2, 0.25) is 0 Å². The molecule has 1 fully saturated rings. The fraction of sp³-hybridized carbons (Fsp3) is 0.538. The minimum Gasteiger partial charge on any atom is -0.496 e. The molecule has 1 aromatic carbocycles. The van der Waals surface area contributed by atoms with Crippen molar-refractivity contribution in [1.29, 1.82) is 0 Å². The Morgan fingerprint density at radius 2 is 2.29 bits per heavy atom. The van der Waals surface area contributed by atoms with Gasteiger partial charge in [0.25, 0.3) is 0 Å². The number of ether oxygens (including phenoxy) is 1.